The molecule has 2 aromatic rings. The number of halogens is 2. The number of sulfonamides is 2. The van der Waals surface area contributed by atoms with E-state index in [0.29, 0.717) is 6.07 Å². The van der Waals surface area contributed by atoms with E-state index >= 15 is 0 Å². The van der Waals surface area contributed by atoms with E-state index < -0.39 is 36.6 Å². The lowest BCUT2D eigenvalue weighted by molar-refractivity contribution is 0.272. The monoisotopic (exact) mass is 430 g/mol. The van der Waals surface area contributed by atoms with E-state index in [1.807, 2.05) is 13.8 Å². The Morgan fingerprint density at radius 2 is 1.32 bits per heavy atom. The summed E-state index contributed by atoms with van der Waals surface area (Å²) in [4.78, 5) is -0.610. The normalized spacial score (nSPS) is 17.0. The van der Waals surface area contributed by atoms with Crippen molar-refractivity contribution in [1.82, 2.24) is 8.61 Å². The maximum atomic E-state index is 13.9. The molecule has 152 valence electrons. The van der Waals surface area contributed by atoms with Crippen LogP contribution in [-0.2, 0) is 20.0 Å². The zero-order chi connectivity index (χ0) is 20.7. The fraction of sp³-hybridized carbons (Fsp3) is 0.333. The van der Waals surface area contributed by atoms with Crippen LogP contribution in [-0.4, -0.2) is 51.6 Å². The summed E-state index contributed by atoms with van der Waals surface area (Å²) in [7, 11) is -8.04. The first kappa shape index (κ1) is 20.8. The van der Waals surface area contributed by atoms with Gasteiger partial charge in [0, 0.05) is 26.2 Å². The van der Waals surface area contributed by atoms with E-state index in [4.69, 9.17) is 0 Å². The van der Waals surface area contributed by atoms with Crippen molar-refractivity contribution >= 4 is 20.0 Å². The van der Waals surface area contributed by atoms with Crippen LogP contribution in [0.3, 0.4) is 0 Å². The van der Waals surface area contributed by atoms with Crippen LogP contribution in [0, 0.1) is 25.5 Å². The lowest BCUT2D eigenvalue weighted by atomic mass is 10.1. The van der Waals surface area contributed by atoms with Crippen LogP contribution in [0.4, 0.5) is 8.78 Å². The average Bonchev–Trinajstić information content (AvgIpc) is 2.65. The number of benzene rings is 2. The Morgan fingerprint density at radius 1 is 0.750 bits per heavy atom. The molecule has 0 saturated carbocycles. The van der Waals surface area contributed by atoms with Crippen LogP contribution in [0.5, 0.6) is 0 Å². The number of piperazine rings is 1. The number of hydrogen-bond donors (Lipinski definition) is 0. The van der Waals surface area contributed by atoms with Crippen molar-refractivity contribution in [2.45, 2.75) is 23.6 Å². The number of rotatable bonds is 4. The van der Waals surface area contributed by atoms with Crippen molar-refractivity contribution in [2.75, 3.05) is 26.2 Å². The van der Waals surface area contributed by atoms with Gasteiger partial charge in [-0.25, -0.2) is 25.6 Å². The Labute approximate surface area is 163 Å². The second kappa shape index (κ2) is 7.51. The fourth-order valence-corrected chi connectivity index (χ4v) is 5.99. The predicted molar refractivity (Wildman–Crippen MR) is 99.8 cm³/mol. The molecule has 6 nitrogen and oxygen atoms in total. The summed E-state index contributed by atoms with van der Waals surface area (Å²) in [5.74, 6) is -1.91. The van der Waals surface area contributed by atoms with Gasteiger partial charge in [-0.15, -0.1) is 0 Å². The zero-order valence-electron chi connectivity index (χ0n) is 15.4. The van der Waals surface area contributed by atoms with Crippen molar-refractivity contribution in [3.05, 3.63) is 59.2 Å². The maximum Gasteiger partial charge on any atom is 0.246 e. The molecule has 0 radical (unpaired) electrons. The number of aryl methyl sites for hydroxylation is 2. The van der Waals surface area contributed by atoms with Gasteiger partial charge in [0.25, 0.3) is 0 Å². The molecule has 0 spiro atoms. The summed E-state index contributed by atoms with van der Waals surface area (Å²) < 4.78 is 80.3. The van der Waals surface area contributed by atoms with E-state index in [0.717, 1.165) is 27.6 Å². The van der Waals surface area contributed by atoms with Crippen LogP contribution < -0.4 is 0 Å². The highest BCUT2D eigenvalue weighted by Gasteiger charge is 2.35. The second-order valence-electron chi connectivity index (χ2n) is 6.63. The van der Waals surface area contributed by atoms with Gasteiger partial charge in [-0.2, -0.15) is 8.61 Å². The van der Waals surface area contributed by atoms with Gasteiger partial charge in [0.2, 0.25) is 20.0 Å². The molecule has 1 aliphatic rings. The molecule has 1 heterocycles. The van der Waals surface area contributed by atoms with Crippen LogP contribution in [0.2, 0.25) is 0 Å². The Balaban J connectivity index is 1.80. The first-order chi connectivity index (χ1) is 13.0. The van der Waals surface area contributed by atoms with E-state index in [2.05, 4.69) is 0 Å². The molecule has 0 N–H and O–H groups in total. The van der Waals surface area contributed by atoms with E-state index in [9.17, 15) is 25.6 Å². The molecule has 1 saturated heterocycles. The summed E-state index contributed by atoms with van der Waals surface area (Å²) in [6.45, 7) is 3.23. The molecule has 2 aromatic carbocycles. The van der Waals surface area contributed by atoms with Gasteiger partial charge in [-0.05, 0) is 55.3 Å². The number of hydrogen-bond acceptors (Lipinski definition) is 4. The van der Waals surface area contributed by atoms with Crippen molar-refractivity contribution in [1.29, 1.82) is 0 Å². The van der Waals surface area contributed by atoms with Gasteiger partial charge in [0.15, 0.2) is 0 Å². The van der Waals surface area contributed by atoms with Crippen molar-refractivity contribution in [2.24, 2.45) is 0 Å². The Morgan fingerprint density at radius 3 is 1.89 bits per heavy atom. The lowest BCUT2D eigenvalue weighted by Crippen LogP contribution is -2.50. The summed E-state index contributed by atoms with van der Waals surface area (Å²) in [6, 6.07) is 7.03. The minimum absolute atomic E-state index is 0.0780. The summed E-state index contributed by atoms with van der Waals surface area (Å²) >= 11 is 0. The minimum atomic E-state index is -4.26. The minimum Gasteiger partial charge on any atom is -0.207 e. The molecule has 0 aromatic heterocycles. The van der Waals surface area contributed by atoms with Crippen molar-refractivity contribution in [3.8, 4) is 0 Å². The molecule has 10 heteroatoms. The van der Waals surface area contributed by atoms with Crippen LogP contribution in [0.25, 0.3) is 0 Å². The molecule has 0 atom stereocenters. The Bertz CT molecular complexity index is 1110. The highest BCUT2D eigenvalue weighted by atomic mass is 32.2. The molecule has 0 amide bonds. The first-order valence-corrected chi connectivity index (χ1v) is 11.4. The van der Waals surface area contributed by atoms with Crippen molar-refractivity contribution < 1.29 is 25.6 Å². The zero-order valence-corrected chi connectivity index (χ0v) is 17.0. The molecule has 3 rings (SSSR count). The van der Waals surface area contributed by atoms with E-state index in [1.165, 1.54) is 10.4 Å². The van der Waals surface area contributed by atoms with Gasteiger partial charge in [0.1, 0.15) is 16.5 Å². The number of nitrogens with zero attached hydrogens (tertiary/aromatic N) is 2. The largest absolute Gasteiger partial charge is 0.246 e. The molecular formula is C18H20F2N2O4S2. The Kier molecular flexibility index (Phi) is 5.59. The van der Waals surface area contributed by atoms with Crippen LogP contribution in [0.15, 0.2) is 46.2 Å². The summed E-state index contributed by atoms with van der Waals surface area (Å²) in [5.41, 5.74) is 1.80. The molecule has 1 fully saturated rings. The molecule has 1 aliphatic heterocycles. The third-order valence-electron chi connectivity index (χ3n) is 4.82. The standard InChI is InChI=1S/C18H20F2N2O4S2/c1-13-3-5-16(11-14(13)2)27(23,24)21-7-9-22(10-8-21)28(25,26)18-12-15(19)4-6-17(18)20/h3-6,11-12H,7-10H2,1-2H3. The fourth-order valence-electron chi connectivity index (χ4n) is 2.99. The van der Waals surface area contributed by atoms with E-state index in [1.54, 1.807) is 12.1 Å². The SMILES string of the molecule is Cc1ccc(S(=O)(=O)N2CCN(S(=O)(=O)c3cc(F)ccc3F)CC2)cc1C. The van der Waals surface area contributed by atoms with Gasteiger partial charge in [-0.3, -0.25) is 0 Å². The van der Waals surface area contributed by atoms with Gasteiger partial charge >= 0.3 is 0 Å². The van der Waals surface area contributed by atoms with Gasteiger partial charge < -0.3 is 0 Å². The molecule has 28 heavy (non-hydrogen) atoms. The Hall–Kier alpha value is -1.88. The van der Waals surface area contributed by atoms with Gasteiger partial charge in [-0.1, -0.05) is 6.07 Å². The topological polar surface area (TPSA) is 74.8 Å². The van der Waals surface area contributed by atoms with Crippen LogP contribution >= 0.6 is 0 Å². The van der Waals surface area contributed by atoms with Gasteiger partial charge in [0.05, 0.1) is 4.90 Å². The predicted octanol–water partition coefficient (Wildman–Crippen LogP) is 2.28. The average molecular weight is 430 g/mol. The van der Waals surface area contributed by atoms with Crippen molar-refractivity contribution in [3.63, 3.8) is 0 Å². The highest BCUT2D eigenvalue weighted by molar-refractivity contribution is 7.89. The molecule has 0 bridgehead atoms. The lowest BCUT2D eigenvalue weighted by Gasteiger charge is -2.33. The first-order valence-electron chi connectivity index (χ1n) is 8.56. The molecule has 0 aliphatic carbocycles. The molecule has 0 unspecified atom stereocenters. The second-order valence-corrected chi connectivity index (χ2v) is 10.5. The smallest absolute Gasteiger partial charge is 0.207 e. The highest BCUT2D eigenvalue weighted by Crippen LogP contribution is 2.24. The quantitative estimate of drug-likeness (QED) is 0.746. The summed E-state index contributed by atoms with van der Waals surface area (Å²) in [6.07, 6.45) is 0. The maximum absolute atomic E-state index is 13.9. The molecular weight excluding hydrogens is 410 g/mol. The third kappa shape index (κ3) is 3.82. The summed E-state index contributed by atoms with van der Waals surface area (Å²) in [5, 5.41) is 0. The van der Waals surface area contributed by atoms with E-state index in [-0.39, 0.29) is 31.1 Å². The van der Waals surface area contributed by atoms with Crippen LogP contribution in [0.1, 0.15) is 11.1 Å². The third-order valence-corrected chi connectivity index (χ3v) is 8.63.